The van der Waals surface area contributed by atoms with Gasteiger partial charge in [-0.05, 0) is 50.5 Å². The van der Waals surface area contributed by atoms with Gasteiger partial charge in [-0.25, -0.2) is 0 Å². The molecule has 4 nitrogen and oxygen atoms in total. The summed E-state index contributed by atoms with van der Waals surface area (Å²) in [5, 5.41) is 11.7. The average molecular weight is 415 g/mol. The third kappa shape index (κ3) is 3.05. The summed E-state index contributed by atoms with van der Waals surface area (Å²) < 4.78 is 12.1. The van der Waals surface area contributed by atoms with Crippen molar-refractivity contribution in [3.8, 4) is 11.5 Å². The highest BCUT2D eigenvalue weighted by Gasteiger charge is 2.60. The van der Waals surface area contributed by atoms with E-state index < -0.39 is 23.0 Å². The maximum atomic E-state index is 14.0. The van der Waals surface area contributed by atoms with Crippen LogP contribution in [0.25, 0.3) is 0 Å². The summed E-state index contributed by atoms with van der Waals surface area (Å²) in [5.41, 5.74) is 1.66. The summed E-state index contributed by atoms with van der Waals surface area (Å²) in [6.07, 6.45) is -0.602. The zero-order valence-electron chi connectivity index (χ0n) is 18.0. The number of carbonyl (C=O) groups is 1. The molecule has 3 aromatic rings. The number of esters is 1. The minimum absolute atomic E-state index is 0.389. The molecule has 1 heterocycles. The minimum Gasteiger partial charge on any atom is -0.459 e. The Bertz CT molecular complexity index is 1110. The number of aliphatic hydroxyl groups is 1. The fourth-order valence-corrected chi connectivity index (χ4v) is 5.05. The lowest BCUT2D eigenvalue weighted by molar-refractivity contribution is -0.176. The van der Waals surface area contributed by atoms with Crippen molar-refractivity contribution in [2.24, 2.45) is 5.41 Å². The number of para-hydroxylation sites is 2. The quantitative estimate of drug-likeness (QED) is 0.559. The van der Waals surface area contributed by atoms with Crippen LogP contribution in [0, 0.1) is 5.41 Å². The Morgan fingerprint density at radius 3 is 1.97 bits per heavy atom. The molecule has 0 aromatic heterocycles. The van der Waals surface area contributed by atoms with E-state index in [4.69, 9.17) is 9.47 Å². The number of hydrogen-bond acceptors (Lipinski definition) is 4. The molecule has 2 atom stereocenters. The van der Waals surface area contributed by atoms with Crippen LogP contribution in [0.4, 0.5) is 0 Å². The van der Waals surface area contributed by atoms with E-state index in [-0.39, 0.29) is 5.97 Å². The van der Waals surface area contributed by atoms with E-state index in [1.54, 1.807) is 0 Å². The Hall–Kier alpha value is -3.11. The second-order valence-corrected chi connectivity index (χ2v) is 9.43. The van der Waals surface area contributed by atoms with Gasteiger partial charge in [0.15, 0.2) is 0 Å². The van der Waals surface area contributed by atoms with Crippen molar-refractivity contribution in [1.29, 1.82) is 0 Å². The SMILES string of the molecule is CC(C)(C)OC(=O)[C@@]1(C2c3ccccc3Oc3ccccc32)Cc2ccccc2[C@H]1O. The first-order chi connectivity index (χ1) is 14.8. The highest BCUT2D eigenvalue weighted by molar-refractivity contribution is 5.83. The van der Waals surface area contributed by atoms with Crippen molar-refractivity contribution in [3.63, 3.8) is 0 Å². The number of aliphatic hydroxyl groups excluding tert-OH is 1. The van der Waals surface area contributed by atoms with Crippen molar-refractivity contribution in [3.05, 3.63) is 95.1 Å². The van der Waals surface area contributed by atoms with Gasteiger partial charge in [-0.3, -0.25) is 4.79 Å². The molecule has 1 aliphatic carbocycles. The second-order valence-electron chi connectivity index (χ2n) is 9.43. The van der Waals surface area contributed by atoms with E-state index >= 15 is 0 Å². The molecule has 1 aliphatic heterocycles. The van der Waals surface area contributed by atoms with E-state index in [0.29, 0.717) is 17.9 Å². The monoisotopic (exact) mass is 414 g/mol. The minimum atomic E-state index is -1.20. The second kappa shape index (κ2) is 6.96. The highest BCUT2D eigenvalue weighted by Crippen LogP contribution is 2.61. The number of fused-ring (bicyclic) bond motifs is 3. The lowest BCUT2D eigenvalue weighted by Gasteiger charge is -2.42. The van der Waals surface area contributed by atoms with Crippen LogP contribution in [0.15, 0.2) is 72.8 Å². The lowest BCUT2D eigenvalue weighted by atomic mass is 9.64. The number of ether oxygens (including phenoxy) is 2. The molecule has 0 radical (unpaired) electrons. The van der Waals surface area contributed by atoms with Gasteiger partial charge in [0, 0.05) is 17.0 Å². The maximum absolute atomic E-state index is 14.0. The molecule has 0 spiro atoms. The number of hydrogen-bond donors (Lipinski definition) is 1. The van der Waals surface area contributed by atoms with Gasteiger partial charge in [-0.1, -0.05) is 60.7 Å². The summed E-state index contributed by atoms with van der Waals surface area (Å²) >= 11 is 0. The summed E-state index contributed by atoms with van der Waals surface area (Å²) in [6, 6.07) is 23.3. The van der Waals surface area contributed by atoms with E-state index in [1.165, 1.54) is 0 Å². The van der Waals surface area contributed by atoms with Gasteiger partial charge in [-0.2, -0.15) is 0 Å². The molecule has 2 aliphatic rings. The van der Waals surface area contributed by atoms with E-state index in [0.717, 1.165) is 22.3 Å². The predicted molar refractivity (Wildman–Crippen MR) is 118 cm³/mol. The standard InChI is InChI=1S/C27H26O4/c1-26(2,3)31-25(29)27(16-17-10-4-5-11-18(17)24(27)28)23-19-12-6-8-14-21(19)30-22-15-9-7-13-20(22)23/h4-15,23-24,28H,16H2,1-3H3/t24-,27-/m1/s1. The fourth-order valence-electron chi connectivity index (χ4n) is 5.05. The van der Waals surface area contributed by atoms with Crippen molar-refractivity contribution < 1.29 is 19.4 Å². The van der Waals surface area contributed by atoms with Crippen LogP contribution >= 0.6 is 0 Å². The third-order valence-electron chi connectivity index (χ3n) is 6.29. The number of carbonyl (C=O) groups excluding carboxylic acids is 1. The van der Waals surface area contributed by atoms with E-state index in [9.17, 15) is 9.90 Å². The average Bonchev–Trinajstić information content (AvgIpc) is 3.04. The summed E-state index contributed by atoms with van der Waals surface area (Å²) in [7, 11) is 0. The molecule has 0 unspecified atom stereocenters. The zero-order valence-corrected chi connectivity index (χ0v) is 18.0. The summed E-state index contributed by atoms with van der Waals surface area (Å²) in [6.45, 7) is 5.58. The van der Waals surface area contributed by atoms with Crippen molar-refractivity contribution in [2.45, 2.75) is 44.8 Å². The predicted octanol–water partition coefficient (Wildman–Crippen LogP) is 5.54. The first kappa shape index (κ1) is 19.8. The Labute approximate surface area is 182 Å². The van der Waals surface area contributed by atoms with Crippen LogP contribution in [-0.4, -0.2) is 16.7 Å². The maximum Gasteiger partial charge on any atom is 0.316 e. The molecule has 4 heteroatoms. The van der Waals surface area contributed by atoms with Gasteiger partial charge in [0.05, 0.1) is 6.10 Å². The normalized spacial score (nSPS) is 22.1. The summed E-state index contributed by atoms with van der Waals surface area (Å²) in [5.74, 6) is 0.612. The number of benzene rings is 3. The van der Waals surface area contributed by atoms with Crippen LogP contribution in [0.2, 0.25) is 0 Å². The summed E-state index contributed by atoms with van der Waals surface area (Å²) in [4.78, 5) is 14.0. The molecule has 3 aromatic carbocycles. The van der Waals surface area contributed by atoms with Crippen LogP contribution in [0.5, 0.6) is 11.5 Å². The van der Waals surface area contributed by atoms with Gasteiger partial charge < -0.3 is 14.6 Å². The molecule has 158 valence electrons. The molecule has 0 amide bonds. The Kier molecular flexibility index (Phi) is 4.45. The first-order valence-electron chi connectivity index (χ1n) is 10.7. The van der Waals surface area contributed by atoms with Crippen LogP contribution in [0.3, 0.4) is 0 Å². The molecule has 0 fully saturated rings. The molecular formula is C27H26O4. The third-order valence-corrected chi connectivity index (χ3v) is 6.29. The Balaban J connectivity index is 1.77. The van der Waals surface area contributed by atoms with Crippen molar-refractivity contribution in [1.82, 2.24) is 0 Å². The van der Waals surface area contributed by atoms with E-state index in [1.807, 2.05) is 93.6 Å². The van der Waals surface area contributed by atoms with Crippen LogP contribution < -0.4 is 4.74 Å². The molecule has 0 saturated carbocycles. The van der Waals surface area contributed by atoms with Gasteiger partial charge >= 0.3 is 5.97 Å². The zero-order chi connectivity index (χ0) is 21.8. The van der Waals surface area contributed by atoms with Crippen LogP contribution in [0.1, 0.15) is 55.0 Å². The van der Waals surface area contributed by atoms with Crippen molar-refractivity contribution in [2.75, 3.05) is 0 Å². The molecule has 31 heavy (non-hydrogen) atoms. The first-order valence-corrected chi connectivity index (χ1v) is 10.7. The molecule has 1 N–H and O–H groups in total. The Morgan fingerprint density at radius 1 is 0.903 bits per heavy atom. The molecule has 0 bridgehead atoms. The topological polar surface area (TPSA) is 55.8 Å². The smallest absolute Gasteiger partial charge is 0.316 e. The van der Waals surface area contributed by atoms with Gasteiger partial charge in [0.1, 0.15) is 22.5 Å². The largest absolute Gasteiger partial charge is 0.459 e. The van der Waals surface area contributed by atoms with Gasteiger partial charge in [-0.15, -0.1) is 0 Å². The molecule has 5 rings (SSSR count). The fraction of sp³-hybridized carbons (Fsp3) is 0.296. The van der Waals surface area contributed by atoms with Gasteiger partial charge in [0.2, 0.25) is 0 Å². The van der Waals surface area contributed by atoms with Crippen molar-refractivity contribution >= 4 is 5.97 Å². The lowest BCUT2D eigenvalue weighted by Crippen LogP contribution is -2.46. The van der Waals surface area contributed by atoms with Crippen LogP contribution in [-0.2, 0) is 16.0 Å². The van der Waals surface area contributed by atoms with Gasteiger partial charge in [0.25, 0.3) is 0 Å². The number of rotatable bonds is 2. The van der Waals surface area contributed by atoms with E-state index in [2.05, 4.69) is 0 Å². The highest BCUT2D eigenvalue weighted by atomic mass is 16.6. The molecule has 0 saturated heterocycles. The Morgan fingerprint density at radius 2 is 1.42 bits per heavy atom. The molecular weight excluding hydrogens is 388 g/mol.